The van der Waals surface area contributed by atoms with Gasteiger partial charge in [0.05, 0.1) is 0 Å². The molecule has 0 aromatic rings. The largest absolute Gasteiger partial charge is 0.137 e. The van der Waals surface area contributed by atoms with Crippen molar-refractivity contribution in [2.45, 2.75) is 6.42 Å². The van der Waals surface area contributed by atoms with Crippen molar-refractivity contribution in [2.75, 3.05) is 6.16 Å². The number of hydrogen-bond acceptors (Lipinski definition) is 0. The van der Waals surface area contributed by atoms with Gasteiger partial charge in [0, 0.05) is 0 Å². The fourth-order valence-electron chi connectivity index (χ4n) is 0.118. The highest BCUT2D eigenvalue weighted by Crippen LogP contribution is 1.84. The molecule has 0 aliphatic carbocycles. The first-order valence-corrected chi connectivity index (χ1v) is 2.54. The van der Waals surface area contributed by atoms with E-state index >= 15 is 0 Å². The van der Waals surface area contributed by atoms with Gasteiger partial charge >= 0.3 is 0 Å². The fraction of sp³-hybridized carbons (Fsp3) is 0.500. The molecule has 0 saturated heterocycles. The summed E-state index contributed by atoms with van der Waals surface area (Å²) in [6.07, 6.45) is 4.17. The molecule has 1 atom stereocenters. The van der Waals surface area contributed by atoms with Gasteiger partial charge in [0.25, 0.3) is 0 Å². The molecule has 0 heterocycles. The Labute approximate surface area is 35.5 Å². The van der Waals surface area contributed by atoms with Crippen LogP contribution < -0.4 is 0 Å². The van der Waals surface area contributed by atoms with Crippen LogP contribution in [-0.2, 0) is 0 Å². The summed E-state index contributed by atoms with van der Waals surface area (Å²) in [6.45, 7) is 3.54. The second-order valence-corrected chi connectivity index (χ2v) is 1.44. The van der Waals surface area contributed by atoms with Crippen molar-refractivity contribution >= 4 is 9.24 Å². The summed E-state index contributed by atoms with van der Waals surface area (Å²) in [6, 6.07) is 0. The molecule has 0 N–H and O–H groups in total. The number of hydrogen-bond donors (Lipinski definition) is 0. The Bertz CT molecular complexity index is 24.8. The lowest BCUT2D eigenvalue weighted by Crippen LogP contribution is -1.58. The Morgan fingerprint density at radius 3 is 2.40 bits per heavy atom. The quantitative estimate of drug-likeness (QED) is 0.354. The van der Waals surface area contributed by atoms with E-state index in [0.717, 1.165) is 12.6 Å². The zero-order valence-corrected chi connectivity index (χ0v) is 4.43. The van der Waals surface area contributed by atoms with Gasteiger partial charge in [0.15, 0.2) is 0 Å². The van der Waals surface area contributed by atoms with Crippen LogP contribution in [0.1, 0.15) is 6.42 Å². The highest BCUT2D eigenvalue weighted by molar-refractivity contribution is 7.16. The molecule has 0 radical (unpaired) electrons. The minimum absolute atomic E-state index is 1.12. The third kappa shape index (κ3) is 4.17. The first-order chi connectivity index (χ1) is 2.41. The lowest BCUT2D eigenvalue weighted by atomic mass is 10.5. The van der Waals surface area contributed by atoms with E-state index in [-0.39, 0.29) is 0 Å². The molecular weight excluding hydrogens is 79.0 g/mol. The topological polar surface area (TPSA) is 0 Å². The molecule has 0 aromatic carbocycles. The Morgan fingerprint density at radius 1 is 1.80 bits per heavy atom. The maximum absolute atomic E-state index is 3.54. The van der Waals surface area contributed by atoms with Crippen LogP contribution in [0.25, 0.3) is 0 Å². The summed E-state index contributed by atoms with van der Waals surface area (Å²) in [5, 5.41) is 0. The molecule has 30 valence electrons. The monoisotopic (exact) mass is 88.0 g/mol. The summed E-state index contributed by atoms with van der Waals surface area (Å²) < 4.78 is 0. The fourth-order valence-corrected chi connectivity index (χ4v) is 0.354. The van der Waals surface area contributed by atoms with Crippen LogP contribution >= 0.6 is 9.24 Å². The lowest BCUT2D eigenvalue weighted by Gasteiger charge is -1.73. The van der Waals surface area contributed by atoms with E-state index in [9.17, 15) is 0 Å². The van der Waals surface area contributed by atoms with Crippen LogP contribution in [0.4, 0.5) is 0 Å². The standard InChI is InChI=1S/C4H9P/c1-2-3-4-5/h2H,1,3-5H2. The molecule has 0 saturated carbocycles. The third-order valence-corrected chi connectivity index (χ3v) is 0.704. The van der Waals surface area contributed by atoms with Crippen LogP contribution in [-0.4, -0.2) is 6.16 Å². The van der Waals surface area contributed by atoms with Crippen molar-refractivity contribution < 1.29 is 0 Å². The van der Waals surface area contributed by atoms with Crippen LogP contribution in [0.3, 0.4) is 0 Å². The maximum atomic E-state index is 3.54. The summed E-state index contributed by atoms with van der Waals surface area (Å²) in [5.74, 6) is 0. The molecule has 1 unspecified atom stereocenters. The Balaban J connectivity index is 2.40. The molecule has 0 aromatic heterocycles. The van der Waals surface area contributed by atoms with Gasteiger partial charge in [0.1, 0.15) is 0 Å². The Morgan fingerprint density at radius 2 is 2.40 bits per heavy atom. The average molecular weight is 88.1 g/mol. The van der Waals surface area contributed by atoms with Gasteiger partial charge in [0.2, 0.25) is 0 Å². The van der Waals surface area contributed by atoms with E-state index in [1.165, 1.54) is 0 Å². The second-order valence-electron chi connectivity index (χ2n) is 0.866. The second kappa shape index (κ2) is 4.17. The molecule has 0 spiro atoms. The molecule has 1 heteroatoms. The molecule has 5 heavy (non-hydrogen) atoms. The third-order valence-electron chi connectivity index (χ3n) is 0.371. The maximum Gasteiger partial charge on any atom is -0.0319 e. The number of rotatable bonds is 2. The SMILES string of the molecule is C=CCCP. The average Bonchev–Trinajstić information content (AvgIpc) is 1.41. The molecule has 0 nitrogen and oxygen atoms in total. The van der Waals surface area contributed by atoms with Gasteiger partial charge in [-0.3, -0.25) is 0 Å². The number of allylic oxidation sites excluding steroid dienone is 1. The smallest absolute Gasteiger partial charge is 0.0319 e. The van der Waals surface area contributed by atoms with E-state index in [2.05, 4.69) is 15.8 Å². The van der Waals surface area contributed by atoms with E-state index < -0.39 is 0 Å². The zero-order chi connectivity index (χ0) is 4.12. The minimum Gasteiger partial charge on any atom is -0.137 e. The molecule has 0 rings (SSSR count). The van der Waals surface area contributed by atoms with Crippen molar-refractivity contribution in [1.82, 2.24) is 0 Å². The minimum atomic E-state index is 1.12. The summed E-state index contributed by atoms with van der Waals surface area (Å²) in [5.41, 5.74) is 0. The molecular formula is C4H9P. The molecule has 0 amide bonds. The van der Waals surface area contributed by atoms with E-state index in [0.29, 0.717) is 0 Å². The van der Waals surface area contributed by atoms with Crippen LogP contribution in [0.5, 0.6) is 0 Å². The van der Waals surface area contributed by atoms with Gasteiger partial charge < -0.3 is 0 Å². The summed E-state index contributed by atoms with van der Waals surface area (Å²) in [4.78, 5) is 0. The van der Waals surface area contributed by atoms with Gasteiger partial charge in [-0.05, 0) is 12.6 Å². The van der Waals surface area contributed by atoms with Crippen LogP contribution in [0, 0.1) is 0 Å². The molecule has 0 bridgehead atoms. The van der Waals surface area contributed by atoms with Crippen molar-refractivity contribution in [1.29, 1.82) is 0 Å². The zero-order valence-electron chi connectivity index (χ0n) is 3.28. The van der Waals surface area contributed by atoms with Crippen LogP contribution in [0.2, 0.25) is 0 Å². The van der Waals surface area contributed by atoms with E-state index in [4.69, 9.17) is 0 Å². The predicted molar refractivity (Wildman–Crippen MR) is 29.4 cm³/mol. The Kier molecular flexibility index (Phi) is 4.31. The van der Waals surface area contributed by atoms with Gasteiger partial charge in [-0.25, -0.2) is 0 Å². The van der Waals surface area contributed by atoms with Crippen molar-refractivity contribution in [3.05, 3.63) is 12.7 Å². The van der Waals surface area contributed by atoms with Crippen molar-refractivity contribution in [3.8, 4) is 0 Å². The molecule has 0 aliphatic rings. The van der Waals surface area contributed by atoms with Gasteiger partial charge in [-0.15, -0.1) is 15.8 Å². The van der Waals surface area contributed by atoms with E-state index in [1.54, 1.807) is 0 Å². The summed E-state index contributed by atoms with van der Waals surface area (Å²) in [7, 11) is 2.63. The lowest BCUT2D eigenvalue weighted by molar-refractivity contribution is 1.26. The Hall–Kier alpha value is 0.170. The normalized spacial score (nSPS) is 7.40. The first-order valence-electron chi connectivity index (χ1n) is 1.72. The highest BCUT2D eigenvalue weighted by atomic mass is 31.0. The van der Waals surface area contributed by atoms with E-state index in [1.807, 2.05) is 6.08 Å². The summed E-state index contributed by atoms with van der Waals surface area (Å²) >= 11 is 0. The van der Waals surface area contributed by atoms with Crippen molar-refractivity contribution in [3.63, 3.8) is 0 Å². The van der Waals surface area contributed by atoms with Crippen LogP contribution in [0.15, 0.2) is 12.7 Å². The van der Waals surface area contributed by atoms with Gasteiger partial charge in [-0.2, -0.15) is 0 Å². The van der Waals surface area contributed by atoms with Crippen molar-refractivity contribution in [2.24, 2.45) is 0 Å². The predicted octanol–water partition coefficient (Wildman–Crippen LogP) is 1.44. The molecule has 0 fully saturated rings. The highest BCUT2D eigenvalue weighted by Gasteiger charge is 1.61. The van der Waals surface area contributed by atoms with Gasteiger partial charge in [-0.1, -0.05) is 6.08 Å². The molecule has 0 aliphatic heterocycles. The first kappa shape index (κ1) is 5.17.